The van der Waals surface area contributed by atoms with E-state index in [0.717, 1.165) is 35.5 Å². The third-order valence-electron chi connectivity index (χ3n) is 3.49. The molecule has 3 heteroatoms. The second-order valence-electron chi connectivity index (χ2n) is 4.99. The van der Waals surface area contributed by atoms with Crippen molar-refractivity contribution in [2.24, 2.45) is 0 Å². The normalized spacial score (nSPS) is 10.7. The number of hydrogen-bond donors (Lipinski definition) is 0. The van der Waals surface area contributed by atoms with Crippen molar-refractivity contribution < 1.29 is 9.13 Å². The molecule has 0 aliphatic carbocycles. The number of rotatable bonds is 6. The zero-order valence-corrected chi connectivity index (χ0v) is 13.6. The van der Waals surface area contributed by atoms with Crippen molar-refractivity contribution in [2.45, 2.75) is 31.6 Å². The van der Waals surface area contributed by atoms with Crippen LogP contribution in [0.25, 0.3) is 0 Å². The third-order valence-corrected chi connectivity index (χ3v) is 4.53. The zero-order chi connectivity index (χ0) is 15.2. The zero-order valence-electron chi connectivity index (χ0n) is 12.8. The van der Waals surface area contributed by atoms with Crippen LogP contribution in [0.5, 0.6) is 5.75 Å². The van der Waals surface area contributed by atoms with E-state index >= 15 is 0 Å². The van der Waals surface area contributed by atoms with E-state index in [9.17, 15) is 4.39 Å². The molecule has 0 atom stereocenters. The van der Waals surface area contributed by atoms with E-state index in [1.54, 1.807) is 24.9 Å². The van der Waals surface area contributed by atoms with Gasteiger partial charge in [-0.3, -0.25) is 0 Å². The fraction of sp³-hybridized carbons (Fsp3) is 0.333. The molecule has 0 saturated carbocycles. The molecule has 0 aliphatic rings. The first-order valence-corrected chi connectivity index (χ1v) is 8.17. The maximum absolute atomic E-state index is 14.1. The van der Waals surface area contributed by atoms with Crippen molar-refractivity contribution in [3.05, 3.63) is 58.9 Å². The van der Waals surface area contributed by atoms with E-state index in [1.807, 2.05) is 37.3 Å². The van der Waals surface area contributed by atoms with Crippen LogP contribution in [-0.2, 0) is 12.8 Å². The van der Waals surface area contributed by atoms with Crippen LogP contribution in [0.2, 0.25) is 0 Å². The topological polar surface area (TPSA) is 9.23 Å². The summed E-state index contributed by atoms with van der Waals surface area (Å²) in [7, 11) is 1.66. The quantitative estimate of drug-likeness (QED) is 0.691. The Labute approximate surface area is 130 Å². The Bertz CT molecular complexity index is 593. The van der Waals surface area contributed by atoms with Crippen molar-refractivity contribution in [2.75, 3.05) is 12.9 Å². The smallest absolute Gasteiger partial charge is 0.126 e. The molecule has 0 bridgehead atoms. The van der Waals surface area contributed by atoms with Crippen molar-refractivity contribution in [1.29, 1.82) is 0 Å². The molecule has 2 aromatic rings. The van der Waals surface area contributed by atoms with Crippen LogP contribution in [0.3, 0.4) is 0 Å². The molecule has 21 heavy (non-hydrogen) atoms. The van der Waals surface area contributed by atoms with Crippen LogP contribution >= 0.6 is 11.8 Å². The first kappa shape index (κ1) is 15.9. The van der Waals surface area contributed by atoms with Gasteiger partial charge in [0.15, 0.2) is 0 Å². The number of ether oxygens (including phenoxy) is 1. The molecule has 0 aliphatic heterocycles. The van der Waals surface area contributed by atoms with Crippen molar-refractivity contribution >= 4 is 11.8 Å². The van der Waals surface area contributed by atoms with Crippen LogP contribution in [0.15, 0.2) is 41.3 Å². The summed E-state index contributed by atoms with van der Waals surface area (Å²) in [4.78, 5) is 1.18. The Morgan fingerprint density at radius 3 is 2.43 bits per heavy atom. The van der Waals surface area contributed by atoms with Crippen molar-refractivity contribution in [3.8, 4) is 5.75 Å². The molecule has 0 aromatic heterocycles. The maximum Gasteiger partial charge on any atom is 0.126 e. The van der Waals surface area contributed by atoms with Gasteiger partial charge in [0.1, 0.15) is 11.6 Å². The van der Waals surface area contributed by atoms with Gasteiger partial charge in [-0.25, -0.2) is 4.39 Å². The third kappa shape index (κ3) is 4.24. The predicted molar refractivity (Wildman–Crippen MR) is 87.9 cm³/mol. The van der Waals surface area contributed by atoms with E-state index in [0.29, 0.717) is 0 Å². The molecule has 2 aromatic carbocycles. The van der Waals surface area contributed by atoms with Gasteiger partial charge in [-0.05, 0) is 66.5 Å². The molecule has 0 saturated heterocycles. The molecule has 2 rings (SSSR count). The minimum absolute atomic E-state index is 0.0959. The highest BCUT2D eigenvalue weighted by Crippen LogP contribution is 2.26. The van der Waals surface area contributed by atoms with E-state index in [2.05, 4.69) is 6.92 Å². The monoisotopic (exact) mass is 304 g/mol. The Hall–Kier alpha value is -1.48. The standard InChI is InChI=1S/C18H21FOS/c1-4-21-18-12-15(17(19)11-13(18)2)8-5-14-6-9-16(20-3)10-7-14/h6-7,9-12H,4-5,8H2,1-3H3. The summed E-state index contributed by atoms with van der Waals surface area (Å²) < 4.78 is 19.2. The molecule has 0 unspecified atom stereocenters. The maximum atomic E-state index is 14.1. The van der Waals surface area contributed by atoms with E-state index < -0.39 is 0 Å². The number of benzene rings is 2. The average Bonchev–Trinajstić information content (AvgIpc) is 2.49. The lowest BCUT2D eigenvalue weighted by atomic mass is 10.0. The largest absolute Gasteiger partial charge is 0.497 e. The van der Waals surface area contributed by atoms with Gasteiger partial charge in [0.05, 0.1) is 7.11 Å². The molecule has 0 N–H and O–H groups in total. The van der Waals surface area contributed by atoms with Crippen LogP contribution in [0.4, 0.5) is 4.39 Å². The summed E-state index contributed by atoms with van der Waals surface area (Å²) in [5.74, 6) is 1.76. The van der Waals surface area contributed by atoms with Gasteiger partial charge >= 0.3 is 0 Å². The van der Waals surface area contributed by atoms with Gasteiger partial charge < -0.3 is 4.74 Å². The first-order valence-electron chi connectivity index (χ1n) is 7.18. The summed E-state index contributed by atoms with van der Waals surface area (Å²) in [6.45, 7) is 4.08. The number of hydrogen-bond acceptors (Lipinski definition) is 2. The van der Waals surface area contributed by atoms with Gasteiger partial charge in [0.25, 0.3) is 0 Å². The molecule has 0 fully saturated rings. The lowest BCUT2D eigenvalue weighted by Gasteiger charge is -2.10. The highest BCUT2D eigenvalue weighted by molar-refractivity contribution is 7.99. The molecule has 0 radical (unpaired) electrons. The van der Waals surface area contributed by atoms with Crippen LogP contribution in [-0.4, -0.2) is 12.9 Å². The molecular weight excluding hydrogens is 283 g/mol. The Morgan fingerprint density at radius 2 is 1.81 bits per heavy atom. The molecule has 0 spiro atoms. The summed E-state index contributed by atoms with van der Waals surface area (Å²) in [5, 5.41) is 0. The predicted octanol–water partition coefficient (Wildman–Crippen LogP) is 5.04. The fourth-order valence-electron chi connectivity index (χ4n) is 2.27. The second kappa shape index (κ2) is 7.51. The van der Waals surface area contributed by atoms with Crippen LogP contribution in [0, 0.1) is 12.7 Å². The van der Waals surface area contributed by atoms with Crippen molar-refractivity contribution in [3.63, 3.8) is 0 Å². The average molecular weight is 304 g/mol. The van der Waals surface area contributed by atoms with Gasteiger partial charge in [0.2, 0.25) is 0 Å². The Kier molecular flexibility index (Phi) is 5.68. The van der Waals surface area contributed by atoms with Gasteiger partial charge in [-0.15, -0.1) is 11.8 Å². The summed E-state index contributed by atoms with van der Waals surface area (Å²) in [6, 6.07) is 11.6. The lowest BCUT2D eigenvalue weighted by molar-refractivity contribution is 0.414. The number of aryl methyl sites for hydroxylation is 3. The fourth-order valence-corrected chi connectivity index (χ4v) is 3.09. The molecule has 0 heterocycles. The SMILES string of the molecule is CCSc1cc(CCc2ccc(OC)cc2)c(F)cc1C. The van der Waals surface area contributed by atoms with Crippen LogP contribution < -0.4 is 4.74 Å². The molecule has 112 valence electrons. The lowest BCUT2D eigenvalue weighted by Crippen LogP contribution is -1.97. The number of halogens is 1. The highest BCUT2D eigenvalue weighted by atomic mass is 32.2. The minimum Gasteiger partial charge on any atom is -0.497 e. The van der Waals surface area contributed by atoms with Gasteiger partial charge in [-0.2, -0.15) is 0 Å². The summed E-state index contributed by atoms with van der Waals surface area (Å²) >= 11 is 1.77. The van der Waals surface area contributed by atoms with Gasteiger partial charge in [-0.1, -0.05) is 19.1 Å². The highest BCUT2D eigenvalue weighted by Gasteiger charge is 2.08. The first-order chi connectivity index (χ1) is 10.1. The minimum atomic E-state index is -0.0959. The summed E-state index contributed by atoms with van der Waals surface area (Å²) in [6.07, 6.45) is 1.55. The summed E-state index contributed by atoms with van der Waals surface area (Å²) in [5.41, 5.74) is 3.01. The van der Waals surface area contributed by atoms with Crippen LogP contribution in [0.1, 0.15) is 23.6 Å². The second-order valence-corrected chi connectivity index (χ2v) is 6.30. The van der Waals surface area contributed by atoms with E-state index in [4.69, 9.17) is 4.74 Å². The molecule has 1 nitrogen and oxygen atoms in total. The molecular formula is C18H21FOS. The number of thioether (sulfide) groups is 1. The number of methoxy groups -OCH3 is 1. The van der Waals surface area contributed by atoms with E-state index in [-0.39, 0.29) is 5.82 Å². The Balaban J connectivity index is 2.09. The molecule has 0 amide bonds. The van der Waals surface area contributed by atoms with Gasteiger partial charge in [0, 0.05) is 4.90 Å². The van der Waals surface area contributed by atoms with E-state index in [1.165, 1.54) is 10.5 Å². The Morgan fingerprint density at radius 1 is 1.10 bits per heavy atom. The van der Waals surface area contributed by atoms with Crippen molar-refractivity contribution in [1.82, 2.24) is 0 Å².